The molecule has 4 nitrogen and oxygen atoms in total. The fourth-order valence-electron chi connectivity index (χ4n) is 2.15. The highest BCUT2D eigenvalue weighted by Gasteiger charge is 2.08. The summed E-state index contributed by atoms with van der Waals surface area (Å²) in [7, 11) is 0. The van der Waals surface area contributed by atoms with Gasteiger partial charge in [-0.3, -0.25) is 0 Å². The maximum atomic E-state index is 11.7. The Morgan fingerprint density at radius 3 is 2.55 bits per heavy atom. The number of ether oxygens (including phenoxy) is 2. The summed E-state index contributed by atoms with van der Waals surface area (Å²) in [4.78, 5) is 13.8. The van der Waals surface area contributed by atoms with Crippen molar-refractivity contribution in [3.8, 4) is 5.75 Å². The minimum Gasteiger partial charge on any atom is -0.432 e. The molecule has 0 aliphatic rings. The molecule has 0 fully saturated rings. The van der Waals surface area contributed by atoms with Crippen molar-refractivity contribution in [1.29, 1.82) is 0 Å². The highest BCUT2D eigenvalue weighted by atomic mass is 16.7. The van der Waals surface area contributed by atoms with Crippen LogP contribution in [0, 0.1) is 6.92 Å². The SMILES string of the molecule is CCN(CCOC(=O)Oc1cccc(C)c1)c1ccccc1. The number of aryl methyl sites for hydroxylation is 1. The van der Waals surface area contributed by atoms with Crippen LogP contribution in [0.25, 0.3) is 0 Å². The van der Waals surface area contributed by atoms with Gasteiger partial charge in [-0.25, -0.2) is 4.79 Å². The monoisotopic (exact) mass is 299 g/mol. The zero-order valence-electron chi connectivity index (χ0n) is 13.0. The summed E-state index contributed by atoms with van der Waals surface area (Å²) in [5.74, 6) is 0.500. The van der Waals surface area contributed by atoms with E-state index in [-0.39, 0.29) is 6.61 Å². The average Bonchev–Trinajstić information content (AvgIpc) is 2.52. The van der Waals surface area contributed by atoms with Gasteiger partial charge in [0.25, 0.3) is 0 Å². The second kappa shape index (κ2) is 8.08. The molecule has 22 heavy (non-hydrogen) atoms. The van der Waals surface area contributed by atoms with Crippen molar-refractivity contribution in [1.82, 2.24) is 0 Å². The number of likely N-dealkylation sites (N-methyl/N-ethyl adjacent to an activating group) is 1. The van der Waals surface area contributed by atoms with Gasteiger partial charge < -0.3 is 14.4 Å². The van der Waals surface area contributed by atoms with Crippen molar-refractivity contribution in [2.75, 3.05) is 24.6 Å². The number of nitrogens with zero attached hydrogens (tertiary/aromatic N) is 1. The number of para-hydroxylation sites is 1. The van der Waals surface area contributed by atoms with Gasteiger partial charge in [-0.1, -0.05) is 30.3 Å². The van der Waals surface area contributed by atoms with Crippen molar-refractivity contribution in [3.63, 3.8) is 0 Å². The quantitative estimate of drug-likeness (QED) is 0.596. The van der Waals surface area contributed by atoms with E-state index in [1.165, 1.54) is 0 Å². The minimum atomic E-state index is -0.672. The normalized spacial score (nSPS) is 10.1. The molecule has 0 saturated heterocycles. The lowest BCUT2D eigenvalue weighted by molar-refractivity contribution is 0.101. The minimum absolute atomic E-state index is 0.285. The van der Waals surface area contributed by atoms with Gasteiger partial charge in [-0.15, -0.1) is 0 Å². The fraction of sp³-hybridized carbons (Fsp3) is 0.278. The zero-order chi connectivity index (χ0) is 15.8. The first kappa shape index (κ1) is 15.9. The Kier molecular flexibility index (Phi) is 5.83. The van der Waals surface area contributed by atoms with Crippen molar-refractivity contribution in [2.45, 2.75) is 13.8 Å². The van der Waals surface area contributed by atoms with Crippen molar-refractivity contribution in [3.05, 3.63) is 60.2 Å². The first-order valence-electron chi connectivity index (χ1n) is 7.40. The molecule has 2 aromatic rings. The summed E-state index contributed by atoms with van der Waals surface area (Å²) in [6.45, 7) is 5.77. The lowest BCUT2D eigenvalue weighted by Crippen LogP contribution is -2.28. The van der Waals surface area contributed by atoms with Crippen molar-refractivity contribution >= 4 is 11.8 Å². The molecule has 0 aliphatic carbocycles. The fourth-order valence-corrected chi connectivity index (χ4v) is 2.15. The topological polar surface area (TPSA) is 38.8 Å². The molecule has 4 heteroatoms. The van der Waals surface area contributed by atoms with Gasteiger partial charge in [0.2, 0.25) is 0 Å². The van der Waals surface area contributed by atoms with Gasteiger partial charge >= 0.3 is 6.16 Å². The molecule has 0 aliphatic heterocycles. The van der Waals surface area contributed by atoms with E-state index in [0.717, 1.165) is 17.8 Å². The third kappa shape index (κ3) is 4.81. The van der Waals surface area contributed by atoms with Gasteiger partial charge in [0, 0.05) is 12.2 Å². The molecule has 2 rings (SSSR count). The van der Waals surface area contributed by atoms with Crippen LogP contribution in [-0.2, 0) is 4.74 Å². The smallest absolute Gasteiger partial charge is 0.432 e. The standard InChI is InChI=1S/C18H21NO3/c1-3-19(16-9-5-4-6-10-16)12-13-21-18(20)22-17-11-7-8-15(2)14-17/h4-11,14H,3,12-13H2,1-2H3. The van der Waals surface area contributed by atoms with E-state index in [0.29, 0.717) is 12.3 Å². The first-order valence-corrected chi connectivity index (χ1v) is 7.40. The molecule has 0 heterocycles. The maximum Gasteiger partial charge on any atom is 0.513 e. The van der Waals surface area contributed by atoms with Crippen LogP contribution in [0.1, 0.15) is 12.5 Å². The summed E-state index contributed by atoms with van der Waals surface area (Å²) in [5.41, 5.74) is 2.15. The molecule has 0 spiro atoms. The average molecular weight is 299 g/mol. The van der Waals surface area contributed by atoms with E-state index < -0.39 is 6.16 Å². The number of hydrogen-bond donors (Lipinski definition) is 0. The lowest BCUT2D eigenvalue weighted by Gasteiger charge is -2.22. The van der Waals surface area contributed by atoms with E-state index in [4.69, 9.17) is 9.47 Å². The van der Waals surface area contributed by atoms with E-state index in [1.54, 1.807) is 12.1 Å². The van der Waals surface area contributed by atoms with Gasteiger partial charge in [0.15, 0.2) is 0 Å². The second-order valence-electron chi connectivity index (χ2n) is 4.93. The number of carbonyl (C=O) groups excluding carboxylic acids is 1. The van der Waals surface area contributed by atoms with Crippen molar-refractivity contribution < 1.29 is 14.3 Å². The molecule has 0 unspecified atom stereocenters. The predicted molar refractivity (Wildman–Crippen MR) is 87.5 cm³/mol. The lowest BCUT2D eigenvalue weighted by atomic mass is 10.2. The van der Waals surface area contributed by atoms with E-state index in [1.807, 2.05) is 49.4 Å². The summed E-state index contributed by atoms with van der Waals surface area (Å²) >= 11 is 0. The van der Waals surface area contributed by atoms with E-state index in [9.17, 15) is 4.79 Å². The van der Waals surface area contributed by atoms with E-state index >= 15 is 0 Å². The number of rotatable bonds is 6. The summed E-state index contributed by atoms with van der Waals surface area (Å²) in [5, 5.41) is 0. The van der Waals surface area contributed by atoms with Gasteiger partial charge in [-0.05, 0) is 43.7 Å². The Bertz CT molecular complexity index is 598. The van der Waals surface area contributed by atoms with Gasteiger partial charge in [-0.2, -0.15) is 0 Å². The molecule has 2 aromatic carbocycles. The Morgan fingerprint density at radius 1 is 1.09 bits per heavy atom. The molecule has 0 radical (unpaired) electrons. The van der Waals surface area contributed by atoms with Crippen LogP contribution in [-0.4, -0.2) is 25.9 Å². The molecule has 0 amide bonds. The summed E-state index contributed by atoms with van der Waals surface area (Å²) in [6.07, 6.45) is -0.672. The molecule has 0 N–H and O–H groups in total. The highest BCUT2D eigenvalue weighted by Crippen LogP contribution is 2.14. The molecular weight excluding hydrogens is 278 g/mol. The third-order valence-electron chi connectivity index (χ3n) is 3.27. The predicted octanol–water partition coefficient (Wildman–Crippen LogP) is 4.04. The third-order valence-corrected chi connectivity index (χ3v) is 3.27. The Balaban J connectivity index is 1.79. The van der Waals surface area contributed by atoms with Crippen molar-refractivity contribution in [2.24, 2.45) is 0 Å². The van der Waals surface area contributed by atoms with E-state index in [2.05, 4.69) is 11.8 Å². The van der Waals surface area contributed by atoms with Crippen LogP contribution in [0.4, 0.5) is 10.5 Å². The zero-order valence-corrected chi connectivity index (χ0v) is 13.0. The molecule has 0 aromatic heterocycles. The van der Waals surface area contributed by atoms with Crippen LogP contribution in [0.2, 0.25) is 0 Å². The maximum absolute atomic E-state index is 11.7. The second-order valence-corrected chi connectivity index (χ2v) is 4.93. The molecule has 0 bridgehead atoms. The van der Waals surface area contributed by atoms with Gasteiger partial charge in [0.05, 0.1) is 6.54 Å². The number of benzene rings is 2. The number of anilines is 1. The number of hydrogen-bond acceptors (Lipinski definition) is 4. The molecular formula is C18H21NO3. The van der Waals surface area contributed by atoms with Crippen LogP contribution in [0.5, 0.6) is 5.75 Å². The Hall–Kier alpha value is -2.49. The molecule has 0 atom stereocenters. The van der Waals surface area contributed by atoms with Crippen LogP contribution >= 0.6 is 0 Å². The van der Waals surface area contributed by atoms with Crippen LogP contribution in [0.15, 0.2) is 54.6 Å². The first-order chi connectivity index (χ1) is 10.7. The highest BCUT2D eigenvalue weighted by molar-refractivity contribution is 5.63. The molecule has 116 valence electrons. The van der Waals surface area contributed by atoms with Crippen LogP contribution in [0.3, 0.4) is 0 Å². The summed E-state index contributed by atoms with van der Waals surface area (Å²) < 4.78 is 10.3. The Labute approximate surface area is 131 Å². The molecule has 0 saturated carbocycles. The van der Waals surface area contributed by atoms with Gasteiger partial charge in [0.1, 0.15) is 12.4 Å². The Morgan fingerprint density at radius 2 is 1.86 bits per heavy atom. The summed E-state index contributed by atoms with van der Waals surface area (Å²) in [6, 6.07) is 17.3. The largest absolute Gasteiger partial charge is 0.513 e. The number of carbonyl (C=O) groups is 1. The van der Waals surface area contributed by atoms with Crippen LogP contribution < -0.4 is 9.64 Å².